The molecule has 1 atom stereocenters. The van der Waals surface area contributed by atoms with E-state index >= 15 is 0 Å². The topological polar surface area (TPSA) is 106 Å². The Hall–Kier alpha value is -4.78. The Labute approximate surface area is 219 Å². The van der Waals surface area contributed by atoms with Crippen molar-refractivity contribution >= 4 is 44.5 Å². The van der Waals surface area contributed by atoms with Gasteiger partial charge < -0.3 is 25.6 Å². The second kappa shape index (κ2) is 9.27. The van der Waals surface area contributed by atoms with Gasteiger partial charge in [0.1, 0.15) is 11.5 Å². The molecule has 0 saturated heterocycles. The first-order chi connectivity index (χ1) is 18.5. The maximum Gasteiger partial charge on any atom is 0.242 e. The number of fused-ring (bicyclic) bond motifs is 3. The molecule has 0 bridgehead atoms. The molecule has 7 nitrogen and oxygen atoms in total. The summed E-state index contributed by atoms with van der Waals surface area (Å²) < 4.78 is 0. The number of likely N-dealkylation sites (N-methyl/N-ethyl adjacent to an activating group) is 1. The molecule has 3 heterocycles. The Morgan fingerprint density at radius 1 is 0.737 bits per heavy atom. The molecule has 0 spiro atoms. The molecule has 0 aliphatic rings. The van der Waals surface area contributed by atoms with E-state index in [-0.39, 0.29) is 11.8 Å². The summed E-state index contributed by atoms with van der Waals surface area (Å²) in [7, 11) is 1.59. The van der Waals surface area contributed by atoms with Gasteiger partial charge in [0.2, 0.25) is 11.8 Å². The molecule has 190 valence electrons. The Morgan fingerprint density at radius 3 is 1.76 bits per heavy atom. The van der Waals surface area contributed by atoms with Crippen molar-refractivity contribution in [3.63, 3.8) is 0 Å². The van der Waals surface area contributed by atoms with E-state index in [0.29, 0.717) is 6.42 Å². The average Bonchev–Trinajstić information content (AvgIpc) is 3.69. The molecule has 2 amide bonds. The Balaban J connectivity index is 1.45. The van der Waals surface area contributed by atoms with Crippen LogP contribution in [0, 0.1) is 0 Å². The van der Waals surface area contributed by atoms with Crippen molar-refractivity contribution in [2.75, 3.05) is 7.05 Å². The normalized spacial score (nSPS) is 12.7. The minimum atomic E-state index is -1.09. The number of aromatic nitrogens is 3. The standard InChI is InChI=1S/C31H29N5O2/c1-31(23-17-34-26-13-7-4-10-21(23)26,24-18-35-27-14-8-5-11-22(24)27)30(38)36-28(29(37)32-2)15-19-16-33-25-12-6-3-9-20(19)25/h3-14,16-18,28,33-35H,15H2,1-2H3,(H,32,37)(H,36,38)/t28-/m0/s1. The summed E-state index contributed by atoms with van der Waals surface area (Å²) in [5.41, 5.74) is 4.45. The summed E-state index contributed by atoms with van der Waals surface area (Å²) in [5, 5.41) is 8.82. The van der Waals surface area contributed by atoms with Crippen molar-refractivity contribution in [3.05, 3.63) is 108 Å². The smallest absolute Gasteiger partial charge is 0.242 e. The molecule has 6 rings (SSSR count). The Kier molecular flexibility index (Phi) is 5.76. The molecular weight excluding hydrogens is 474 g/mol. The van der Waals surface area contributed by atoms with Gasteiger partial charge in [0.15, 0.2) is 0 Å². The van der Waals surface area contributed by atoms with Gasteiger partial charge >= 0.3 is 0 Å². The second-order valence-corrected chi connectivity index (χ2v) is 9.82. The van der Waals surface area contributed by atoms with E-state index in [1.807, 2.05) is 98.3 Å². The van der Waals surface area contributed by atoms with Gasteiger partial charge in [-0.15, -0.1) is 0 Å². The first-order valence-corrected chi connectivity index (χ1v) is 12.7. The molecule has 0 unspecified atom stereocenters. The van der Waals surface area contributed by atoms with Gasteiger partial charge in [-0.3, -0.25) is 9.59 Å². The van der Waals surface area contributed by atoms with Crippen LogP contribution in [0.25, 0.3) is 32.7 Å². The first kappa shape index (κ1) is 23.6. The lowest BCUT2D eigenvalue weighted by Crippen LogP contribution is -2.53. The van der Waals surface area contributed by atoms with Crippen molar-refractivity contribution in [1.82, 2.24) is 25.6 Å². The maximum absolute atomic E-state index is 14.4. The lowest BCUT2D eigenvalue weighted by molar-refractivity contribution is -0.130. The zero-order valence-corrected chi connectivity index (χ0v) is 21.3. The molecular formula is C31H29N5O2. The number of hydrogen-bond acceptors (Lipinski definition) is 2. The molecule has 3 aromatic carbocycles. The van der Waals surface area contributed by atoms with Crippen LogP contribution >= 0.6 is 0 Å². The second-order valence-electron chi connectivity index (χ2n) is 9.82. The third kappa shape index (κ3) is 3.75. The highest BCUT2D eigenvalue weighted by Crippen LogP contribution is 2.40. The molecule has 0 saturated carbocycles. The van der Waals surface area contributed by atoms with Gasteiger partial charge in [-0.2, -0.15) is 0 Å². The van der Waals surface area contributed by atoms with Crippen molar-refractivity contribution in [2.45, 2.75) is 24.8 Å². The monoisotopic (exact) mass is 503 g/mol. The van der Waals surface area contributed by atoms with E-state index in [1.54, 1.807) is 7.05 Å². The summed E-state index contributed by atoms with van der Waals surface area (Å²) in [6.45, 7) is 1.93. The highest BCUT2D eigenvalue weighted by molar-refractivity contribution is 6.03. The number of hydrogen-bond donors (Lipinski definition) is 5. The van der Waals surface area contributed by atoms with E-state index in [1.165, 1.54) is 0 Å². The lowest BCUT2D eigenvalue weighted by Gasteiger charge is -2.30. The quantitative estimate of drug-likeness (QED) is 0.214. The van der Waals surface area contributed by atoms with Crippen LogP contribution in [0.15, 0.2) is 91.4 Å². The van der Waals surface area contributed by atoms with Gasteiger partial charge in [0, 0.05) is 64.8 Å². The largest absolute Gasteiger partial charge is 0.361 e. The molecule has 0 radical (unpaired) electrons. The number of para-hydroxylation sites is 3. The average molecular weight is 504 g/mol. The minimum absolute atomic E-state index is 0.246. The van der Waals surface area contributed by atoms with E-state index in [0.717, 1.165) is 49.4 Å². The zero-order valence-electron chi connectivity index (χ0n) is 21.3. The van der Waals surface area contributed by atoms with Crippen LogP contribution in [0.3, 0.4) is 0 Å². The maximum atomic E-state index is 14.4. The summed E-state index contributed by atoms with van der Waals surface area (Å²) >= 11 is 0. The zero-order chi connectivity index (χ0) is 26.3. The molecule has 0 fully saturated rings. The minimum Gasteiger partial charge on any atom is -0.361 e. The predicted molar refractivity (Wildman–Crippen MR) is 151 cm³/mol. The van der Waals surface area contributed by atoms with Crippen LogP contribution in [0.5, 0.6) is 0 Å². The van der Waals surface area contributed by atoms with Crippen molar-refractivity contribution in [2.24, 2.45) is 0 Å². The van der Waals surface area contributed by atoms with E-state index in [4.69, 9.17) is 0 Å². The van der Waals surface area contributed by atoms with E-state index in [9.17, 15) is 9.59 Å². The van der Waals surface area contributed by atoms with Crippen molar-refractivity contribution in [1.29, 1.82) is 0 Å². The third-order valence-corrected chi connectivity index (χ3v) is 7.68. The molecule has 6 aromatic rings. The number of nitrogens with one attached hydrogen (secondary N) is 5. The first-order valence-electron chi connectivity index (χ1n) is 12.7. The van der Waals surface area contributed by atoms with E-state index in [2.05, 4.69) is 25.6 Å². The highest BCUT2D eigenvalue weighted by atomic mass is 16.2. The molecule has 0 aliphatic heterocycles. The van der Waals surface area contributed by atoms with Gasteiger partial charge in [-0.05, 0) is 41.8 Å². The summed E-state index contributed by atoms with van der Waals surface area (Å²) in [6, 6.07) is 23.1. The highest BCUT2D eigenvalue weighted by Gasteiger charge is 2.42. The number of rotatable bonds is 7. The number of aromatic amines is 3. The van der Waals surface area contributed by atoms with Crippen molar-refractivity contribution in [3.8, 4) is 0 Å². The molecule has 0 aliphatic carbocycles. The Morgan fingerprint density at radius 2 is 1.21 bits per heavy atom. The van der Waals surface area contributed by atoms with Crippen molar-refractivity contribution < 1.29 is 9.59 Å². The van der Waals surface area contributed by atoms with Gasteiger partial charge in [0.25, 0.3) is 0 Å². The Bertz CT molecular complexity index is 1720. The van der Waals surface area contributed by atoms with Crippen LogP contribution in [-0.2, 0) is 21.4 Å². The molecule has 7 heteroatoms. The summed E-state index contributed by atoms with van der Waals surface area (Å²) in [5.74, 6) is -0.496. The fourth-order valence-corrected chi connectivity index (χ4v) is 5.57. The number of H-pyrrole nitrogens is 3. The molecule has 38 heavy (non-hydrogen) atoms. The number of carbonyl (C=O) groups is 2. The fourth-order valence-electron chi connectivity index (χ4n) is 5.57. The van der Waals surface area contributed by atoms with Crippen LogP contribution in [0.2, 0.25) is 0 Å². The molecule has 5 N–H and O–H groups in total. The summed E-state index contributed by atoms with van der Waals surface area (Å²) in [6.07, 6.45) is 6.07. The third-order valence-electron chi connectivity index (χ3n) is 7.68. The fraction of sp³-hybridized carbons (Fsp3) is 0.161. The van der Waals surface area contributed by atoms with Crippen LogP contribution in [0.1, 0.15) is 23.6 Å². The van der Waals surface area contributed by atoms with Crippen LogP contribution < -0.4 is 10.6 Å². The van der Waals surface area contributed by atoms with Crippen LogP contribution in [0.4, 0.5) is 0 Å². The predicted octanol–water partition coefficient (Wildman–Crippen LogP) is 4.91. The SMILES string of the molecule is CNC(=O)[C@H](Cc1c[nH]c2ccccc12)NC(=O)C(C)(c1c[nH]c2ccccc12)c1c[nH]c2ccccc12. The number of benzene rings is 3. The van der Waals surface area contributed by atoms with E-state index < -0.39 is 11.5 Å². The van der Waals surface area contributed by atoms with Gasteiger partial charge in [-0.1, -0.05) is 54.6 Å². The van der Waals surface area contributed by atoms with Gasteiger partial charge in [-0.25, -0.2) is 0 Å². The number of carbonyl (C=O) groups excluding carboxylic acids is 2. The van der Waals surface area contributed by atoms with Crippen LogP contribution in [-0.4, -0.2) is 39.9 Å². The summed E-state index contributed by atoms with van der Waals surface area (Å²) in [4.78, 5) is 37.5. The number of amides is 2. The molecule has 3 aromatic heterocycles. The van der Waals surface area contributed by atoms with Gasteiger partial charge in [0.05, 0.1) is 0 Å². The lowest BCUT2D eigenvalue weighted by atomic mass is 9.75.